The summed E-state index contributed by atoms with van der Waals surface area (Å²) in [5.74, 6) is -2.94. The van der Waals surface area contributed by atoms with Crippen molar-refractivity contribution in [3.05, 3.63) is 40.5 Å². The van der Waals surface area contributed by atoms with Gasteiger partial charge in [0.2, 0.25) is 5.88 Å². The zero-order valence-corrected chi connectivity index (χ0v) is 20.5. The molecule has 0 saturated carbocycles. The molecule has 1 fully saturated rings. The van der Waals surface area contributed by atoms with Crippen LogP contribution in [0, 0.1) is 18.6 Å². The van der Waals surface area contributed by atoms with Crippen LogP contribution in [0.4, 0.5) is 18.6 Å². The molecule has 35 heavy (non-hydrogen) atoms. The average molecular weight is 513 g/mol. The second kappa shape index (κ2) is 12.2. The first-order valence-electron chi connectivity index (χ1n) is 11.4. The third-order valence-electron chi connectivity index (χ3n) is 5.83. The number of ether oxygens (including phenoxy) is 1. The Balaban J connectivity index is 1.53. The number of aliphatic hydroxyl groups is 1. The summed E-state index contributed by atoms with van der Waals surface area (Å²) < 4.78 is 37.1. The van der Waals surface area contributed by atoms with Gasteiger partial charge in [-0.1, -0.05) is 0 Å². The number of aryl methyl sites for hydroxylation is 1. The number of nitrogens with one attached hydrogen (secondary N) is 1. The molecular weight excluding hydrogens is 482 g/mol. The van der Waals surface area contributed by atoms with Gasteiger partial charge in [-0.25, -0.2) is 18.4 Å². The molecule has 1 saturated heterocycles. The van der Waals surface area contributed by atoms with Crippen molar-refractivity contribution in [1.29, 1.82) is 0 Å². The van der Waals surface area contributed by atoms with Crippen molar-refractivity contribution in [2.45, 2.75) is 45.3 Å². The second-order valence-corrected chi connectivity index (χ2v) is 9.41. The van der Waals surface area contributed by atoms with E-state index in [9.17, 15) is 28.6 Å². The van der Waals surface area contributed by atoms with Crippen LogP contribution in [0.1, 0.15) is 47.2 Å². The van der Waals surface area contributed by atoms with Crippen molar-refractivity contribution < 1.29 is 33.3 Å². The number of halogens is 2. The number of β-amino-alcohol motifs (C(OH)–C–C–N with tert-alkyl or cyclic N) is 1. The van der Waals surface area contributed by atoms with Gasteiger partial charge in [0.1, 0.15) is 23.2 Å². The molecule has 2 heterocycles. The highest BCUT2D eigenvalue weighted by Gasteiger charge is 2.25. The van der Waals surface area contributed by atoms with Crippen molar-refractivity contribution in [2.24, 2.45) is 0 Å². The van der Waals surface area contributed by atoms with E-state index in [1.54, 1.807) is 7.05 Å². The minimum absolute atomic E-state index is 0.0118. The van der Waals surface area contributed by atoms with Gasteiger partial charge in [0.15, 0.2) is 5.56 Å². The monoisotopic (exact) mass is 512 g/mol. The number of anilines is 1. The Labute approximate surface area is 206 Å². The van der Waals surface area contributed by atoms with Gasteiger partial charge in [-0.3, -0.25) is 5.32 Å². The van der Waals surface area contributed by atoms with E-state index < -0.39 is 30.2 Å². The number of carboxylic acids is 1. The van der Waals surface area contributed by atoms with Crippen LogP contribution in [0.2, 0.25) is 0 Å². The van der Waals surface area contributed by atoms with E-state index in [4.69, 9.17) is 4.74 Å². The Bertz CT molecular complexity index is 1050. The number of aromatic nitrogens is 1. The van der Waals surface area contributed by atoms with Crippen molar-refractivity contribution in [1.82, 2.24) is 14.2 Å². The number of amides is 2. The molecule has 0 bridgehead atoms. The Hall–Kier alpha value is -2.83. The number of hydrogen-bond donors (Lipinski definition) is 3. The van der Waals surface area contributed by atoms with E-state index in [1.165, 1.54) is 11.8 Å². The molecule has 2 aromatic rings. The second-order valence-electron chi connectivity index (χ2n) is 8.63. The number of hydrogen-bond acceptors (Lipinski definition) is 7. The van der Waals surface area contributed by atoms with Gasteiger partial charge in [-0.2, -0.15) is 4.37 Å². The van der Waals surface area contributed by atoms with Crippen LogP contribution in [-0.4, -0.2) is 75.7 Å². The molecule has 1 aromatic carbocycles. The number of urea groups is 1. The third kappa shape index (κ3) is 7.33. The lowest BCUT2D eigenvalue weighted by Gasteiger charge is -2.30. The number of nitrogens with zero attached hydrogens (tertiary/aromatic N) is 3. The number of aliphatic hydroxyl groups excluding tert-OH is 1. The lowest BCUT2D eigenvalue weighted by Crippen LogP contribution is -2.39. The first-order valence-corrected chi connectivity index (χ1v) is 12.2. The largest absolute Gasteiger partial charge is 0.477 e. The molecule has 0 radical (unpaired) electrons. The first kappa shape index (κ1) is 26.8. The van der Waals surface area contributed by atoms with E-state index >= 15 is 0 Å². The summed E-state index contributed by atoms with van der Waals surface area (Å²) in [6.07, 6.45) is 3.15. The Morgan fingerprint density at radius 2 is 2.09 bits per heavy atom. The van der Waals surface area contributed by atoms with Gasteiger partial charge in [0.25, 0.3) is 0 Å². The maximum absolute atomic E-state index is 14.1. The molecular formula is C23H30F2N4O5S. The molecule has 2 amide bonds. The number of likely N-dealkylation sites (tertiary alicyclic amines) is 1. The van der Waals surface area contributed by atoms with Crippen molar-refractivity contribution in [3.63, 3.8) is 0 Å². The number of carbonyl (C=O) groups is 2. The maximum Gasteiger partial charge on any atom is 0.344 e. The number of piperidine rings is 1. The van der Waals surface area contributed by atoms with Crippen molar-refractivity contribution in [3.8, 4) is 5.88 Å². The Morgan fingerprint density at radius 3 is 2.80 bits per heavy atom. The van der Waals surface area contributed by atoms with Crippen molar-refractivity contribution >= 4 is 28.5 Å². The first-order chi connectivity index (χ1) is 16.7. The van der Waals surface area contributed by atoms with Crippen LogP contribution in [0.15, 0.2) is 12.1 Å². The van der Waals surface area contributed by atoms with E-state index in [1.807, 2.05) is 0 Å². The van der Waals surface area contributed by atoms with Gasteiger partial charge in [0, 0.05) is 25.7 Å². The van der Waals surface area contributed by atoms with E-state index in [-0.39, 0.29) is 33.7 Å². The highest BCUT2D eigenvalue weighted by Crippen LogP contribution is 2.31. The quantitative estimate of drug-likeness (QED) is 0.416. The zero-order valence-electron chi connectivity index (χ0n) is 19.7. The fourth-order valence-electron chi connectivity index (χ4n) is 3.80. The molecule has 12 heteroatoms. The highest BCUT2D eigenvalue weighted by atomic mass is 32.1. The summed E-state index contributed by atoms with van der Waals surface area (Å²) in [6, 6.07) is 1.52. The summed E-state index contributed by atoms with van der Waals surface area (Å²) in [5, 5.41) is 21.9. The lowest BCUT2D eigenvalue weighted by molar-refractivity contribution is 0.0690. The topological polar surface area (TPSA) is 115 Å². The average Bonchev–Trinajstić information content (AvgIpc) is 3.20. The standard InChI is InChI=1S/C23H30F2N4O5S/c1-14-10-18(25)15(11-17(14)24)13-34-20-19(22(31)32)21(35-27-20)26-23(33)28(2)7-3-4-8-29-9-5-6-16(30)12-29/h10-11,16,30H,3-9,12-13H2,1-2H3,(H,26,33)(H,31,32). The number of carboxylic acid groups (broad SMARTS) is 1. The van der Waals surface area contributed by atoms with E-state index in [2.05, 4.69) is 14.6 Å². The number of aromatic carboxylic acids is 1. The van der Waals surface area contributed by atoms with Crippen LogP contribution in [0.5, 0.6) is 5.88 Å². The molecule has 3 rings (SSSR count). The molecule has 1 aliphatic rings. The number of benzene rings is 1. The molecule has 3 N–H and O–H groups in total. The van der Waals surface area contributed by atoms with E-state index in [0.717, 1.165) is 62.4 Å². The molecule has 1 aromatic heterocycles. The number of carbonyl (C=O) groups excluding carboxylic acids is 1. The Kier molecular flexibility index (Phi) is 9.35. The summed E-state index contributed by atoms with van der Waals surface area (Å²) in [7, 11) is 1.60. The van der Waals surface area contributed by atoms with Crippen LogP contribution in [0.3, 0.4) is 0 Å². The number of rotatable bonds is 10. The number of unbranched alkanes of at least 4 members (excludes halogenated alkanes) is 1. The van der Waals surface area contributed by atoms with Crippen molar-refractivity contribution in [2.75, 3.05) is 38.5 Å². The molecule has 192 valence electrons. The van der Waals surface area contributed by atoms with Gasteiger partial charge in [-0.05, 0) is 74.9 Å². The molecule has 1 aliphatic heterocycles. The van der Waals surface area contributed by atoms with Crippen LogP contribution in [0.25, 0.3) is 0 Å². The van der Waals surface area contributed by atoms with Gasteiger partial charge in [0.05, 0.1) is 6.10 Å². The van der Waals surface area contributed by atoms with Crippen LogP contribution < -0.4 is 10.1 Å². The summed E-state index contributed by atoms with van der Waals surface area (Å²) >= 11 is 0.730. The van der Waals surface area contributed by atoms with Gasteiger partial charge >= 0.3 is 12.0 Å². The minimum atomic E-state index is -1.37. The molecule has 0 spiro atoms. The molecule has 1 atom stereocenters. The smallest absolute Gasteiger partial charge is 0.344 e. The van der Waals surface area contributed by atoms with Crippen LogP contribution >= 0.6 is 11.5 Å². The maximum atomic E-state index is 14.1. The van der Waals surface area contributed by atoms with Gasteiger partial charge < -0.3 is 24.7 Å². The third-order valence-corrected chi connectivity index (χ3v) is 6.58. The summed E-state index contributed by atoms with van der Waals surface area (Å²) in [4.78, 5) is 28.0. The predicted octanol–water partition coefficient (Wildman–Crippen LogP) is 3.71. The van der Waals surface area contributed by atoms with Crippen LogP contribution in [-0.2, 0) is 6.61 Å². The van der Waals surface area contributed by atoms with Gasteiger partial charge in [-0.15, -0.1) is 0 Å². The summed E-state index contributed by atoms with van der Waals surface area (Å²) in [5.41, 5.74) is -0.291. The lowest BCUT2D eigenvalue weighted by atomic mass is 10.1. The van der Waals surface area contributed by atoms with E-state index in [0.29, 0.717) is 13.1 Å². The summed E-state index contributed by atoms with van der Waals surface area (Å²) in [6.45, 7) is 3.95. The normalized spacial score (nSPS) is 16.2. The fourth-order valence-corrected chi connectivity index (χ4v) is 4.52. The molecule has 9 nitrogen and oxygen atoms in total. The molecule has 0 aliphatic carbocycles. The SMILES string of the molecule is Cc1cc(F)c(COc2nsc(NC(=O)N(C)CCCCN3CCCC(O)C3)c2C(=O)O)cc1F. The zero-order chi connectivity index (χ0) is 25.5. The molecule has 1 unspecified atom stereocenters. The highest BCUT2D eigenvalue weighted by molar-refractivity contribution is 7.11. The fraction of sp³-hybridized carbons (Fsp3) is 0.522. The predicted molar refractivity (Wildman–Crippen MR) is 127 cm³/mol. The Morgan fingerprint density at radius 1 is 1.31 bits per heavy atom. The minimum Gasteiger partial charge on any atom is -0.477 e.